The van der Waals surface area contributed by atoms with Crippen LogP contribution in [0.15, 0.2) is 36.4 Å². The second kappa shape index (κ2) is 11.1. The number of esters is 1. The number of carbonyl (C=O) groups is 3. The summed E-state index contributed by atoms with van der Waals surface area (Å²) in [5.41, 5.74) is 0. The molecule has 0 bridgehead atoms. The molecule has 1 N–H and O–H groups in total. The second-order valence-electron chi connectivity index (χ2n) is 5.86. The van der Waals surface area contributed by atoms with Gasteiger partial charge in [0.1, 0.15) is 11.5 Å². The molecule has 0 unspecified atom stereocenters. The van der Waals surface area contributed by atoms with Crippen LogP contribution >= 0.6 is 11.3 Å². The molecule has 0 aliphatic heterocycles. The number of Topliss-reactive ketones (excluding diaryl/α,β-unsaturated/α-hetero) is 1. The molecular weight excluding hydrogens is 382 g/mol. The van der Waals surface area contributed by atoms with Crippen LogP contribution in [0.5, 0.6) is 11.5 Å². The Labute approximate surface area is 167 Å². The van der Waals surface area contributed by atoms with Crippen molar-refractivity contribution in [2.45, 2.75) is 19.8 Å². The second-order valence-corrected chi connectivity index (χ2v) is 7.03. The molecule has 0 aliphatic carbocycles. The van der Waals surface area contributed by atoms with E-state index in [1.54, 1.807) is 37.4 Å². The van der Waals surface area contributed by atoms with Crippen LogP contribution < -0.4 is 14.8 Å². The zero-order valence-electron chi connectivity index (χ0n) is 15.9. The molecule has 2 rings (SSSR count). The highest BCUT2D eigenvalue weighted by Crippen LogP contribution is 2.18. The summed E-state index contributed by atoms with van der Waals surface area (Å²) < 4.78 is 15.5. The molecule has 0 atom stereocenters. The highest BCUT2D eigenvalue weighted by Gasteiger charge is 2.13. The van der Waals surface area contributed by atoms with E-state index < -0.39 is 5.97 Å². The number of ketones is 1. The maximum atomic E-state index is 12.1. The Morgan fingerprint density at radius 1 is 1.04 bits per heavy atom. The van der Waals surface area contributed by atoms with E-state index in [4.69, 9.17) is 14.2 Å². The molecule has 28 heavy (non-hydrogen) atoms. The van der Waals surface area contributed by atoms with Crippen molar-refractivity contribution in [3.63, 3.8) is 0 Å². The number of carbonyl (C=O) groups excluding carboxylic acids is 3. The van der Waals surface area contributed by atoms with Gasteiger partial charge in [0.05, 0.1) is 25.0 Å². The van der Waals surface area contributed by atoms with Gasteiger partial charge in [0, 0.05) is 18.3 Å². The average Bonchev–Trinajstić information content (AvgIpc) is 3.15. The van der Waals surface area contributed by atoms with E-state index in [9.17, 15) is 14.4 Å². The van der Waals surface area contributed by atoms with E-state index in [0.717, 1.165) is 10.6 Å². The Hall–Kier alpha value is -2.87. The van der Waals surface area contributed by atoms with Gasteiger partial charge >= 0.3 is 5.97 Å². The summed E-state index contributed by atoms with van der Waals surface area (Å²) in [6.45, 7) is 1.84. The minimum Gasteiger partial charge on any atom is -0.497 e. The van der Waals surface area contributed by atoms with Gasteiger partial charge in [0.15, 0.2) is 6.61 Å². The van der Waals surface area contributed by atoms with Crippen LogP contribution in [0.2, 0.25) is 0 Å². The number of ether oxygens (including phenoxy) is 3. The van der Waals surface area contributed by atoms with Gasteiger partial charge < -0.3 is 19.5 Å². The molecule has 1 amide bonds. The first-order valence-corrected chi connectivity index (χ1v) is 9.58. The van der Waals surface area contributed by atoms with Crippen molar-refractivity contribution >= 4 is 29.0 Å². The van der Waals surface area contributed by atoms with Crippen LogP contribution in [0.3, 0.4) is 0 Å². The summed E-state index contributed by atoms with van der Waals surface area (Å²) in [6, 6.07) is 10.6. The van der Waals surface area contributed by atoms with Crippen molar-refractivity contribution in [1.82, 2.24) is 5.32 Å². The number of thiophene rings is 1. The topological polar surface area (TPSA) is 90.9 Å². The maximum absolute atomic E-state index is 12.1. The Morgan fingerprint density at radius 2 is 1.75 bits per heavy atom. The third-order valence-electron chi connectivity index (χ3n) is 3.68. The molecule has 1 heterocycles. The zero-order chi connectivity index (χ0) is 20.4. The Balaban J connectivity index is 1.66. The lowest BCUT2D eigenvalue weighted by Gasteiger charge is -2.07. The first-order valence-electron chi connectivity index (χ1n) is 8.76. The number of hydrogen-bond donors (Lipinski definition) is 1. The molecular formula is C20H23NO6S. The van der Waals surface area contributed by atoms with Gasteiger partial charge in [-0.3, -0.25) is 14.4 Å². The Bertz CT molecular complexity index is 799. The Kier molecular flexibility index (Phi) is 8.48. The number of hydrogen-bond acceptors (Lipinski definition) is 7. The molecule has 7 nitrogen and oxygen atoms in total. The molecule has 0 aliphatic rings. The van der Waals surface area contributed by atoms with Gasteiger partial charge in [0.25, 0.3) is 0 Å². The van der Waals surface area contributed by atoms with E-state index in [2.05, 4.69) is 5.32 Å². The normalized spacial score (nSPS) is 10.2. The smallest absolute Gasteiger partial charge is 0.309 e. The van der Waals surface area contributed by atoms with Crippen molar-refractivity contribution < 1.29 is 28.6 Å². The monoisotopic (exact) mass is 405 g/mol. The molecule has 8 heteroatoms. The van der Waals surface area contributed by atoms with Gasteiger partial charge in [-0.15, -0.1) is 11.3 Å². The van der Waals surface area contributed by atoms with Crippen molar-refractivity contribution in [1.29, 1.82) is 0 Å². The Morgan fingerprint density at radius 3 is 2.43 bits per heavy atom. The number of benzene rings is 1. The first-order chi connectivity index (χ1) is 13.5. The molecule has 0 spiro atoms. The first kappa shape index (κ1) is 21.4. The summed E-state index contributed by atoms with van der Waals surface area (Å²) in [4.78, 5) is 36.3. The van der Waals surface area contributed by atoms with Crippen molar-refractivity contribution in [3.05, 3.63) is 46.2 Å². The van der Waals surface area contributed by atoms with Crippen molar-refractivity contribution in [2.24, 2.45) is 0 Å². The van der Waals surface area contributed by atoms with Crippen LogP contribution in [0.1, 0.15) is 27.9 Å². The fraction of sp³-hybridized carbons (Fsp3) is 0.350. The van der Waals surface area contributed by atoms with E-state index in [-0.39, 0.29) is 31.3 Å². The van der Waals surface area contributed by atoms with Crippen LogP contribution in [0.4, 0.5) is 0 Å². The minimum atomic E-state index is -0.496. The maximum Gasteiger partial charge on any atom is 0.309 e. The van der Waals surface area contributed by atoms with Crippen molar-refractivity contribution in [3.8, 4) is 11.5 Å². The molecule has 150 valence electrons. The molecule has 0 saturated heterocycles. The molecule has 1 aromatic carbocycles. The van der Waals surface area contributed by atoms with Gasteiger partial charge in [-0.05, 0) is 42.8 Å². The fourth-order valence-electron chi connectivity index (χ4n) is 2.24. The standard InChI is InChI=1S/C20H23NO6S/c1-14(22)21-11-9-17-7-8-19(28-17)18(23)13-27-20(24)10-12-26-16-5-3-15(25-2)4-6-16/h3-8H,9-13H2,1-2H3,(H,21,22). The van der Waals surface area contributed by atoms with Crippen LogP contribution in [-0.2, 0) is 20.7 Å². The summed E-state index contributed by atoms with van der Waals surface area (Å²) in [6.07, 6.45) is 0.700. The molecule has 0 fully saturated rings. The van der Waals surface area contributed by atoms with Gasteiger partial charge in [-0.2, -0.15) is 0 Å². The lowest BCUT2D eigenvalue weighted by Crippen LogP contribution is -2.22. The van der Waals surface area contributed by atoms with E-state index in [1.807, 2.05) is 6.07 Å². The van der Waals surface area contributed by atoms with E-state index in [0.29, 0.717) is 23.6 Å². The SMILES string of the molecule is COc1ccc(OCCC(=O)OCC(=O)c2ccc(CCNC(C)=O)s2)cc1. The zero-order valence-corrected chi connectivity index (χ0v) is 16.7. The van der Waals surface area contributed by atoms with Crippen molar-refractivity contribution in [2.75, 3.05) is 26.9 Å². The van der Waals surface area contributed by atoms with E-state index >= 15 is 0 Å². The number of nitrogens with one attached hydrogen (secondary N) is 1. The quantitative estimate of drug-likeness (QED) is 0.457. The highest BCUT2D eigenvalue weighted by molar-refractivity contribution is 7.14. The summed E-state index contributed by atoms with van der Waals surface area (Å²) in [5, 5.41) is 2.70. The highest BCUT2D eigenvalue weighted by atomic mass is 32.1. The predicted octanol–water partition coefficient (Wildman–Crippen LogP) is 2.63. The van der Waals surface area contributed by atoms with Crippen LogP contribution in [-0.4, -0.2) is 44.5 Å². The van der Waals surface area contributed by atoms with E-state index in [1.165, 1.54) is 18.3 Å². The fourth-order valence-corrected chi connectivity index (χ4v) is 3.17. The largest absolute Gasteiger partial charge is 0.497 e. The molecule has 0 radical (unpaired) electrons. The summed E-state index contributed by atoms with van der Waals surface area (Å²) in [7, 11) is 1.58. The van der Waals surface area contributed by atoms with Gasteiger partial charge in [-0.25, -0.2) is 0 Å². The number of methoxy groups -OCH3 is 1. The van der Waals surface area contributed by atoms with Crippen LogP contribution in [0.25, 0.3) is 0 Å². The molecule has 1 aromatic heterocycles. The molecule has 2 aromatic rings. The van der Waals surface area contributed by atoms with Gasteiger partial charge in [0.2, 0.25) is 11.7 Å². The van der Waals surface area contributed by atoms with Gasteiger partial charge in [-0.1, -0.05) is 0 Å². The number of amides is 1. The third-order valence-corrected chi connectivity index (χ3v) is 4.87. The predicted molar refractivity (Wildman–Crippen MR) is 105 cm³/mol. The minimum absolute atomic E-state index is 0.0473. The summed E-state index contributed by atoms with van der Waals surface area (Å²) >= 11 is 1.34. The number of rotatable bonds is 11. The third kappa shape index (κ3) is 7.40. The lowest BCUT2D eigenvalue weighted by molar-refractivity contribution is -0.143. The summed E-state index contributed by atoms with van der Waals surface area (Å²) in [5.74, 6) is 0.507. The molecule has 0 saturated carbocycles. The lowest BCUT2D eigenvalue weighted by atomic mass is 10.3. The average molecular weight is 405 g/mol. The van der Waals surface area contributed by atoms with Crippen LogP contribution in [0, 0.1) is 0 Å².